The molecule has 1 unspecified atom stereocenters. The fourth-order valence-electron chi connectivity index (χ4n) is 5.75. The van der Waals surface area contributed by atoms with Crippen molar-refractivity contribution in [1.29, 1.82) is 0 Å². The number of anilines is 1. The standard InChI is InChI=1S/C33H35F5N4O2/c1-3-27(43)20-9-7-5-4-6-8-19(10-12-20)11-15-26-28(33(39)42-18-41-26)31(40-2)22-14-13-21(16-23(22)34)44-32-29(37)24(35)17-25(36)30(32)38/h3,13-14,16-20H,1,4-12,15H2,2H3,(H2,39,41,42)/t19-,20?/m0/s1. The van der Waals surface area contributed by atoms with Gasteiger partial charge in [0.05, 0.1) is 17.0 Å². The van der Waals surface area contributed by atoms with E-state index in [1.165, 1.54) is 31.6 Å². The molecule has 0 saturated heterocycles. The summed E-state index contributed by atoms with van der Waals surface area (Å²) in [5.41, 5.74) is 7.32. The molecule has 1 heterocycles. The fraction of sp³-hybridized carbons (Fsp3) is 0.394. The fourth-order valence-corrected chi connectivity index (χ4v) is 5.75. The molecule has 234 valence electrons. The van der Waals surface area contributed by atoms with E-state index in [1.807, 2.05) is 0 Å². The monoisotopic (exact) mass is 614 g/mol. The molecule has 0 bridgehead atoms. The number of hydrogen-bond acceptors (Lipinski definition) is 6. The smallest absolute Gasteiger partial charge is 0.204 e. The predicted molar refractivity (Wildman–Crippen MR) is 158 cm³/mol. The highest BCUT2D eigenvalue weighted by Gasteiger charge is 2.25. The Kier molecular flexibility index (Phi) is 11.2. The van der Waals surface area contributed by atoms with Crippen molar-refractivity contribution in [3.63, 3.8) is 0 Å². The first-order valence-corrected chi connectivity index (χ1v) is 14.7. The van der Waals surface area contributed by atoms with Crippen molar-refractivity contribution < 1.29 is 31.5 Å². The lowest BCUT2D eigenvalue weighted by Gasteiger charge is -2.22. The van der Waals surface area contributed by atoms with Crippen molar-refractivity contribution in [1.82, 2.24) is 9.97 Å². The second-order valence-corrected chi connectivity index (χ2v) is 11.0. The van der Waals surface area contributed by atoms with Crippen LogP contribution in [0.3, 0.4) is 0 Å². The molecule has 11 heteroatoms. The third-order valence-electron chi connectivity index (χ3n) is 8.13. The highest BCUT2D eigenvalue weighted by Crippen LogP contribution is 2.33. The number of carbonyl (C=O) groups excluding carboxylic acids is 1. The van der Waals surface area contributed by atoms with Crippen molar-refractivity contribution in [3.05, 3.63) is 89.2 Å². The highest BCUT2D eigenvalue weighted by molar-refractivity contribution is 6.16. The molecular weight excluding hydrogens is 579 g/mol. The molecule has 1 aromatic heterocycles. The Morgan fingerprint density at radius 1 is 0.977 bits per heavy atom. The molecule has 2 aromatic carbocycles. The van der Waals surface area contributed by atoms with E-state index < -0.39 is 40.6 Å². The Morgan fingerprint density at radius 2 is 1.68 bits per heavy atom. The summed E-state index contributed by atoms with van der Waals surface area (Å²) in [5.74, 6) is -8.90. The number of rotatable bonds is 9. The van der Waals surface area contributed by atoms with Crippen LogP contribution >= 0.6 is 0 Å². The van der Waals surface area contributed by atoms with E-state index in [1.54, 1.807) is 0 Å². The van der Waals surface area contributed by atoms with Crippen LogP contribution in [0, 0.1) is 40.9 Å². The van der Waals surface area contributed by atoms with Gasteiger partial charge in [-0.25, -0.2) is 23.1 Å². The minimum atomic E-state index is -1.75. The highest BCUT2D eigenvalue weighted by atomic mass is 19.2. The third-order valence-corrected chi connectivity index (χ3v) is 8.13. The predicted octanol–water partition coefficient (Wildman–Crippen LogP) is 8.07. The number of aromatic nitrogens is 2. The lowest BCUT2D eigenvalue weighted by atomic mass is 9.83. The lowest BCUT2D eigenvalue weighted by Crippen LogP contribution is -2.17. The minimum absolute atomic E-state index is 0.0139. The Labute approximate surface area is 253 Å². The van der Waals surface area contributed by atoms with Crippen molar-refractivity contribution in [3.8, 4) is 11.5 Å². The summed E-state index contributed by atoms with van der Waals surface area (Å²) < 4.78 is 75.8. The van der Waals surface area contributed by atoms with Crippen LogP contribution in [0.5, 0.6) is 11.5 Å². The topological polar surface area (TPSA) is 90.5 Å². The van der Waals surface area contributed by atoms with Crippen molar-refractivity contribution in [2.24, 2.45) is 16.8 Å². The van der Waals surface area contributed by atoms with Crippen molar-refractivity contribution >= 4 is 17.3 Å². The normalized spacial score (nSPS) is 18.1. The van der Waals surface area contributed by atoms with E-state index in [4.69, 9.17) is 10.5 Å². The molecule has 0 radical (unpaired) electrons. The van der Waals surface area contributed by atoms with Gasteiger partial charge in [0.15, 0.2) is 17.4 Å². The second-order valence-electron chi connectivity index (χ2n) is 11.0. The molecule has 1 saturated carbocycles. The molecule has 44 heavy (non-hydrogen) atoms. The summed E-state index contributed by atoms with van der Waals surface area (Å²) in [6, 6.07) is 3.32. The zero-order valence-corrected chi connectivity index (χ0v) is 24.5. The van der Waals surface area contributed by atoms with E-state index in [9.17, 15) is 22.4 Å². The van der Waals surface area contributed by atoms with Gasteiger partial charge in [0, 0.05) is 30.7 Å². The van der Waals surface area contributed by atoms with E-state index >= 15 is 4.39 Å². The molecular formula is C33H35F5N4O2. The van der Waals surface area contributed by atoms with Crippen LogP contribution in [-0.2, 0) is 11.2 Å². The summed E-state index contributed by atoms with van der Waals surface area (Å²) >= 11 is 0. The molecule has 1 fully saturated rings. The van der Waals surface area contributed by atoms with Gasteiger partial charge in [-0.1, -0.05) is 38.7 Å². The number of ketones is 1. The number of aliphatic imine (C=N–C) groups is 1. The zero-order valence-electron chi connectivity index (χ0n) is 24.5. The number of nitrogens with two attached hydrogens (primary N) is 1. The SMILES string of the molecule is C=CC(=O)C1CCCCCC[C@H](CCc2ncnc(N)c2C(=NC)c2ccc(Oc3c(F)c(F)cc(F)c3F)cc2F)CC1. The lowest BCUT2D eigenvalue weighted by molar-refractivity contribution is -0.118. The van der Waals surface area contributed by atoms with Crippen molar-refractivity contribution in [2.75, 3.05) is 12.8 Å². The van der Waals surface area contributed by atoms with Gasteiger partial charge in [-0.3, -0.25) is 9.79 Å². The number of hydrogen-bond donors (Lipinski definition) is 1. The molecule has 6 nitrogen and oxygen atoms in total. The number of nitrogens with zero attached hydrogens (tertiary/aromatic N) is 3. The Bertz CT molecular complexity index is 1520. The average Bonchev–Trinajstić information content (AvgIpc) is 3.01. The summed E-state index contributed by atoms with van der Waals surface area (Å²) in [7, 11) is 1.45. The van der Waals surface area contributed by atoms with Crippen molar-refractivity contribution in [2.45, 2.75) is 64.2 Å². The van der Waals surface area contributed by atoms with E-state index in [0.29, 0.717) is 23.6 Å². The first-order valence-electron chi connectivity index (χ1n) is 14.7. The Morgan fingerprint density at radius 3 is 2.34 bits per heavy atom. The molecule has 3 aromatic rings. The summed E-state index contributed by atoms with van der Waals surface area (Å²) in [4.78, 5) is 25.2. The van der Waals surface area contributed by atoms with Gasteiger partial charge in [-0.2, -0.15) is 8.78 Å². The summed E-state index contributed by atoms with van der Waals surface area (Å²) in [6.07, 6.45) is 12.0. The zero-order chi connectivity index (χ0) is 31.8. The summed E-state index contributed by atoms with van der Waals surface area (Å²) in [6.45, 7) is 3.66. The molecule has 0 spiro atoms. The third kappa shape index (κ3) is 7.67. The first-order chi connectivity index (χ1) is 21.1. The van der Waals surface area contributed by atoms with Gasteiger partial charge in [0.2, 0.25) is 17.4 Å². The molecule has 0 amide bonds. The van der Waals surface area contributed by atoms with Crippen LogP contribution < -0.4 is 10.5 Å². The van der Waals surface area contributed by atoms with Gasteiger partial charge < -0.3 is 10.5 Å². The van der Waals surface area contributed by atoms with Crippen LogP contribution in [0.1, 0.15) is 74.6 Å². The first kappa shape index (κ1) is 32.8. The van der Waals surface area contributed by atoms with Crippen LogP contribution in [0.4, 0.5) is 27.8 Å². The number of aryl methyl sites for hydroxylation is 1. The maximum absolute atomic E-state index is 15.4. The van der Waals surface area contributed by atoms with Crippen LogP contribution in [0.15, 0.2) is 48.2 Å². The number of ether oxygens (including phenoxy) is 1. The van der Waals surface area contributed by atoms with Gasteiger partial charge in [0.1, 0.15) is 23.7 Å². The quantitative estimate of drug-likeness (QED) is 0.114. The molecule has 4 rings (SSSR count). The number of halogens is 5. The minimum Gasteiger partial charge on any atom is -0.451 e. The summed E-state index contributed by atoms with van der Waals surface area (Å²) in [5, 5.41) is 0. The molecule has 1 aliphatic rings. The van der Waals surface area contributed by atoms with Gasteiger partial charge in [-0.15, -0.1) is 0 Å². The van der Waals surface area contributed by atoms with Crippen LogP contribution in [-0.4, -0.2) is 28.5 Å². The number of nitrogen functional groups attached to an aromatic ring is 1. The molecule has 1 aliphatic carbocycles. The Hall–Kier alpha value is -4.15. The van der Waals surface area contributed by atoms with Crippen LogP contribution in [0.2, 0.25) is 0 Å². The largest absolute Gasteiger partial charge is 0.451 e. The van der Waals surface area contributed by atoms with Gasteiger partial charge in [0.25, 0.3) is 0 Å². The molecule has 2 atom stereocenters. The second kappa shape index (κ2) is 15.0. The maximum Gasteiger partial charge on any atom is 0.204 e. The molecule has 2 N–H and O–H groups in total. The van der Waals surface area contributed by atoms with Gasteiger partial charge in [-0.05, 0) is 56.2 Å². The number of allylic oxidation sites excluding steroid dienone is 1. The van der Waals surface area contributed by atoms with E-state index in [0.717, 1.165) is 63.9 Å². The number of carbonyl (C=O) groups is 1. The maximum atomic E-state index is 15.4. The average molecular weight is 615 g/mol. The molecule has 0 aliphatic heterocycles. The number of benzene rings is 2. The van der Waals surface area contributed by atoms with Gasteiger partial charge >= 0.3 is 0 Å². The van der Waals surface area contributed by atoms with E-state index in [-0.39, 0.29) is 34.9 Å². The van der Waals surface area contributed by atoms with Crippen LogP contribution in [0.25, 0.3) is 0 Å². The Balaban J connectivity index is 1.56. The van der Waals surface area contributed by atoms with E-state index in [2.05, 4.69) is 21.5 Å².